The summed E-state index contributed by atoms with van der Waals surface area (Å²) in [5.41, 5.74) is 2.08. The average molecular weight is 402 g/mol. The smallest absolute Gasteiger partial charge is 0.336 e. The SMILES string of the molecule is CCCC1(Cc2ccc(-c3ccccc3C(=O)O)cc2F)N=c2cccc(C)c2=N1. The van der Waals surface area contributed by atoms with Gasteiger partial charge in [0.2, 0.25) is 0 Å². The van der Waals surface area contributed by atoms with Gasteiger partial charge in [-0.25, -0.2) is 9.18 Å². The van der Waals surface area contributed by atoms with Crippen molar-refractivity contribution in [3.63, 3.8) is 0 Å². The molecule has 0 aromatic heterocycles. The number of hydrogen-bond donors (Lipinski definition) is 1. The first-order valence-corrected chi connectivity index (χ1v) is 10.1. The van der Waals surface area contributed by atoms with E-state index in [1.54, 1.807) is 30.3 Å². The van der Waals surface area contributed by atoms with E-state index in [0.717, 1.165) is 29.1 Å². The number of rotatable bonds is 6. The maximum atomic E-state index is 15.1. The highest BCUT2D eigenvalue weighted by Gasteiger charge is 2.32. The Kier molecular flexibility index (Phi) is 5.20. The zero-order chi connectivity index (χ0) is 21.3. The van der Waals surface area contributed by atoms with Gasteiger partial charge in [0.1, 0.15) is 5.82 Å². The van der Waals surface area contributed by atoms with Crippen LogP contribution in [0.15, 0.2) is 70.6 Å². The van der Waals surface area contributed by atoms with Gasteiger partial charge in [-0.3, -0.25) is 9.98 Å². The Morgan fingerprint density at radius 3 is 2.57 bits per heavy atom. The summed E-state index contributed by atoms with van der Waals surface area (Å²) in [6.07, 6.45) is 1.97. The Balaban J connectivity index is 1.72. The van der Waals surface area contributed by atoms with E-state index in [9.17, 15) is 9.90 Å². The maximum Gasteiger partial charge on any atom is 0.336 e. The molecule has 0 aliphatic carbocycles. The average Bonchev–Trinajstić information content (AvgIpc) is 3.09. The van der Waals surface area contributed by atoms with Gasteiger partial charge in [0, 0.05) is 6.42 Å². The van der Waals surface area contributed by atoms with Crippen LogP contribution in [-0.4, -0.2) is 16.7 Å². The number of para-hydroxylation sites is 1. The van der Waals surface area contributed by atoms with Crippen molar-refractivity contribution in [3.05, 3.63) is 93.9 Å². The van der Waals surface area contributed by atoms with Gasteiger partial charge in [0.05, 0.1) is 16.3 Å². The van der Waals surface area contributed by atoms with Crippen LogP contribution in [0, 0.1) is 12.7 Å². The number of nitrogens with zero attached hydrogens (tertiary/aromatic N) is 2. The molecule has 0 saturated heterocycles. The summed E-state index contributed by atoms with van der Waals surface area (Å²) in [5, 5.41) is 11.2. The summed E-state index contributed by atoms with van der Waals surface area (Å²) in [6.45, 7) is 4.08. The standard InChI is InChI=1S/C25H23FN2O2/c1-3-13-25(27-22-10-6-7-16(2)23(22)28-25)15-18-12-11-17(14-21(18)26)19-8-4-5-9-20(19)24(29)30/h4-12,14H,3,13,15H2,1-2H3,(H,29,30). The number of carbonyl (C=O) groups is 1. The normalized spacial score (nSPS) is 17.2. The Bertz CT molecular complexity index is 1250. The number of carboxylic acids is 1. The highest BCUT2D eigenvalue weighted by Crippen LogP contribution is 2.30. The van der Waals surface area contributed by atoms with Crippen molar-refractivity contribution < 1.29 is 14.3 Å². The zero-order valence-corrected chi connectivity index (χ0v) is 17.0. The number of aryl methyl sites for hydroxylation is 1. The number of carboxylic acid groups (broad SMARTS) is 1. The summed E-state index contributed by atoms with van der Waals surface area (Å²) in [4.78, 5) is 21.3. The van der Waals surface area contributed by atoms with Crippen molar-refractivity contribution in [1.29, 1.82) is 0 Å². The molecule has 5 heteroatoms. The number of hydrogen-bond acceptors (Lipinski definition) is 3. The molecule has 0 spiro atoms. The van der Waals surface area contributed by atoms with Crippen LogP contribution in [-0.2, 0) is 6.42 Å². The fourth-order valence-corrected chi connectivity index (χ4v) is 4.10. The molecule has 4 nitrogen and oxygen atoms in total. The third-order valence-electron chi connectivity index (χ3n) is 5.51. The van der Waals surface area contributed by atoms with Gasteiger partial charge < -0.3 is 5.11 Å². The lowest BCUT2D eigenvalue weighted by molar-refractivity contribution is 0.0697. The largest absolute Gasteiger partial charge is 0.478 e. The molecule has 152 valence electrons. The predicted molar refractivity (Wildman–Crippen MR) is 114 cm³/mol. The van der Waals surface area contributed by atoms with Gasteiger partial charge >= 0.3 is 5.97 Å². The molecule has 0 fully saturated rings. The second kappa shape index (κ2) is 7.82. The minimum absolute atomic E-state index is 0.152. The number of fused-ring (bicyclic) bond motifs is 1. The first-order chi connectivity index (χ1) is 14.4. The molecule has 1 aliphatic heterocycles. The van der Waals surface area contributed by atoms with E-state index < -0.39 is 11.6 Å². The molecular formula is C25H23FN2O2. The first-order valence-electron chi connectivity index (χ1n) is 10.1. The summed E-state index contributed by atoms with van der Waals surface area (Å²) >= 11 is 0. The first kappa shape index (κ1) is 20.0. The van der Waals surface area contributed by atoms with E-state index in [2.05, 4.69) is 6.92 Å². The highest BCUT2D eigenvalue weighted by atomic mass is 19.1. The summed E-state index contributed by atoms with van der Waals surface area (Å²) in [7, 11) is 0. The van der Waals surface area contributed by atoms with Crippen LogP contribution in [0.2, 0.25) is 0 Å². The Labute approximate surface area is 174 Å². The Morgan fingerprint density at radius 1 is 1.07 bits per heavy atom. The fourth-order valence-electron chi connectivity index (χ4n) is 4.10. The molecule has 1 atom stereocenters. The van der Waals surface area contributed by atoms with E-state index in [0.29, 0.717) is 23.1 Å². The van der Waals surface area contributed by atoms with Crippen LogP contribution in [0.4, 0.5) is 4.39 Å². The van der Waals surface area contributed by atoms with Gasteiger partial charge in [0.25, 0.3) is 0 Å². The van der Waals surface area contributed by atoms with Crippen molar-refractivity contribution in [1.82, 2.24) is 0 Å². The van der Waals surface area contributed by atoms with Crippen LogP contribution >= 0.6 is 0 Å². The lowest BCUT2D eigenvalue weighted by Gasteiger charge is -2.23. The molecule has 1 unspecified atom stereocenters. The Morgan fingerprint density at radius 2 is 1.87 bits per heavy atom. The van der Waals surface area contributed by atoms with Crippen LogP contribution in [0.3, 0.4) is 0 Å². The molecule has 4 rings (SSSR count). The Hall–Kier alpha value is -3.34. The van der Waals surface area contributed by atoms with Crippen molar-refractivity contribution >= 4 is 5.97 Å². The lowest BCUT2D eigenvalue weighted by Crippen LogP contribution is -2.27. The topological polar surface area (TPSA) is 62.0 Å². The third kappa shape index (κ3) is 3.63. The molecule has 0 saturated carbocycles. The molecule has 3 aromatic rings. The van der Waals surface area contributed by atoms with E-state index in [4.69, 9.17) is 9.98 Å². The predicted octanol–water partition coefficient (Wildman–Crippen LogP) is 4.49. The maximum absolute atomic E-state index is 15.1. The molecule has 0 amide bonds. The van der Waals surface area contributed by atoms with Gasteiger partial charge in [-0.2, -0.15) is 0 Å². The minimum Gasteiger partial charge on any atom is -0.478 e. The zero-order valence-electron chi connectivity index (χ0n) is 17.0. The number of aromatic carboxylic acids is 1. The second-order valence-corrected chi connectivity index (χ2v) is 7.73. The van der Waals surface area contributed by atoms with Crippen LogP contribution in [0.1, 0.15) is 41.3 Å². The minimum atomic E-state index is -1.03. The molecule has 0 radical (unpaired) electrons. The van der Waals surface area contributed by atoms with Gasteiger partial charge in [0.15, 0.2) is 5.66 Å². The fraction of sp³-hybridized carbons (Fsp3) is 0.240. The lowest BCUT2D eigenvalue weighted by atomic mass is 9.93. The third-order valence-corrected chi connectivity index (χ3v) is 5.51. The monoisotopic (exact) mass is 402 g/mol. The van der Waals surface area contributed by atoms with Gasteiger partial charge in [-0.15, -0.1) is 0 Å². The quantitative estimate of drug-likeness (QED) is 0.660. The van der Waals surface area contributed by atoms with Crippen LogP contribution in [0.25, 0.3) is 11.1 Å². The van der Waals surface area contributed by atoms with Crippen LogP contribution < -0.4 is 10.7 Å². The summed E-state index contributed by atoms with van der Waals surface area (Å²) in [5.74, 6) is -1.41. The van der Waals surface area contributed by atoms with Gasteiger partial charge in [-0.05, 0) is 53.8 Å². The summed E-state index contributed by atoms with van der Waals surface area (Å²) in [6, 6.07) is 17.5. The van der Waals surface area contributed by atoms with Crippen molar-refractivity contribution in [2.24, 2.45) is 9.98 Å². The molecule has 30 heavy (non-hydrogen) atoms. The highest BCUT2D eigenvalue weighted by molar-refractivity contribution is 5.96. The van der Waals surface area contributed by atoms with Crippen LogP contribution in [0.5, 0.6) is 0 Å². The van der Waals surface area contributed by atoms with E-state index in [-0.39, 0.29) is 11.4 Å². The number of benzene rings is 3. The molecule has 1 aliphatic rings. The van der Waals surface area contributed by atoms with E-state index in [1.165, 1.54) is 12.1 Å². The molecular weight excluding hydrogens is 379 g/mol. The van der Waals surface area contributed by atoms with Crippen molar-refractivity contribution in [2.45, 2.75) is 38.8 Å². The van der Waals surface area contributed by atoms with Gasteiger partial charge in [-0.1, -0.05) is 55.8 Å². The molecule has 1 N–H and O–H groups in total. The van der Waals surface area contributed by atoms with E-state index in [1.807, 2.05) is 25.1 Å². The second-order valence-electron chi connectivity index (χ2n) is 7.73. The molecule has 0 bridgehead atoms. The van der Waals surface area contributed by atoms with Crippen molar-refractivity contribution in [2.75, 3.05) is 0 Å². The number of halogens is 1. The summed E-state index contributed by atoms with van der Waals surface area (Å²) < 4.78 is 15.1. The van der Waals surface area contributed by atoms with Crippen molar-refractivity contribution in [3.8, 4) is 11.1 Å². The molecule has 3 aromatic carbocycles. The van der Waals surface area contributed by atoms with E-state index >= 15 is 4.39 Å². The molecule has 1 heterocycles.